The molecule has 3 heterocycles. The summed E-state index contributed by atoms with van der Waals surface area (Å²) in [6.07, 6.45) is 8.03. The van der Waals surface area contributed by atoms with E-state index in [-0.39, 0.29) is 6.04 Å². The van der Waals surface area contributed by atoms with Gasteiger partial charge in [0.25, 0.3) is 0 Å². The number of hydrogen-bond donors (Lipinski definition) is 1. The highest BCUT2D eigenvalue weighted by Crippen LogP contribution is 2.39. The number of aryl methyl sites for hydroxylation is 2. The molecule has 1 fully saturated rings. The molecule has 9 heteroatoms. The molecule has 0 radical (unpaired) electrons. The summed E-state index contributed by atoms with van der Waals surface area (Å²) in [5.74, 6) is 2.59. The van der Waals surface area contributed by atoms with Gasteiger partial charge in [-0.05, 0) is 56.4 Å². The molecule has 1 aromatic carbocycles. The SMILES string of the molecule is Cc1ccc(-n2cccn2)cc1S(=O)(=O)NC1CCc2nnc(C3CC3)n2CC1. The smallest absolute Gasteiger partial charge is 0.241 e. The fourth-order valence-corrected chi connectivity index (χ4v) is 5.57. The molecule has 1 aliphatic carbocycles. The lowest BCUT2D eigenvalue weighted by Gasteiger charge is -2.18. The Kier molecular flexibility index (Phi) is 4.51. The van der Waals surface area contributed by atoms with Crippen LogP contribution in [0, 0.1) is 6.92 Å². The molecular weight excluding hydrogens is 388 g/mol. The van der Waals surface area contributed by atoms with Crippen molar-refractivity contribution in [1.29, 1.82) is 0 Å². The Morgan fingerprint density at radius 1 is 1.14 bits per heavy atom. The summed E-state index contributed by atoms with van der Waals surface area (Å²) >= 11 is 0. The number of hydrogen-bond acceptors (Lipinski definition) is 5. The number of nitrogens with one attached hydrogen (secondary N) is 1. The highest BCUT2D eigenvalue weighted by molar-refractivity contribution is 7.89. The second-order valence-electron chi connectivity index (χ2n) is 7.95. The molecule has 8 nitrogen and oxygen atoms in total. The van der Waals surface area contributed by atoms with E-state index in [1.54, 1.807) is 23.1 Å². The highest BCUT2D eigenvalue weighted by atomic mass is 32.2. The van der Waals surface area contributed by atoms with Crippen LogP contribution in [0.4, 0.5) is 0 Å². The summed E-state index contributed by atoms with van der Waals surface area (Å²) < 4.78 is 33.2. The van der Waals surface area contributed by atoms with E-state index in [4.69, 9.17) is 0 Å². The maximum absolute atomic E-state index is 13.2. The first kappa shape index (κ1) is 18.5. The fraction of sp³-hybridized carbons (Fsp3) is 0.450. The van der Waals surface area contributed by atoms with Crippen molar-refractivity contribution in [3.05, 3.63) is 53.9 Å². The van der Waals surface area contributed by atoms with Crippen LogP contribution in [-0.4, -0.2) is 39.0 Å². The molecular formula is C20H24N6O2S. The van der Waals surface area contributed by atoms with Gasteiger partial charge in [-0.25, -0.2) is 17.8 Å². The summed E-state index contributed by atoms with van der Waals surface area (Å²) in [5.41, 5.74) is 1.44. The average Bonchev–Trinajstić information content (AvgIpc) is 3.30. The molecule has 0 saturated heterocycles. The van der Waals surface area contributed by atoms with Gasteiger partial charge in [-0.2, -0.15) is 5.10 Å². The maximum Gasteiger partial charge on any atom is 0.241 e. The van der Waals surface area contributed by atoms with E-state index in [1.807, 2.05) is 25.1 Å². The third-order valence-electron chi connectivity index (χ3n) is 5.77. The van der Waals surface area contributed by atoms with Crippen molar-refractivity contribution < 1.29 is 8.42 Å². The number of nitrogens with zero attached hydrogens (tertiary/aromatic N) is 5. The molecule has 2 aliphatic rings. The second-order valence-corrected chi connectivity index (χ2v) is 9.63. The molecule has 29 heavy (non-hydrogen) atoms. The molecule has 1 aliphatic heterocycles. The van der Waals surface area contributed by atoms with Gasteiger partial charge in [-0.15, -0.1) is 10.2 Å². The van der Waals surface area contributed by atoms with Crippen LogP contribution in [0.5, 0.6) is 0 Å². The largest absolute Gasteiger partial charge is 0.315 e. The zero-order chi connectivity index (χ0) is 20.0. The Balaban J connectivity index is 1.36. The van der Waals surface area contributed by atoms with Gasteiger partial charge in [-0.3, -0.25) is 0 Å². The third kappa shape index (κ3) is 3.60. The lowest BCUT2D eigenvalue weighted by atomic mass is 10.1. The van der Waals surface area contributed by atoms with Gasteiger partial charge in [0.1, 0.15) is 11.6 Å². The van der Waals surface area contributed by atoms with E-state index < -0.39 is 10.0 Å². The van der Waals surface area contributed by atoms with Crippen molar-refractivity contribution in [2.75, 3.05) is 0 Å². The standard InChI is InChI=1S/C20H24N6O2S/c1-14-3-7-17(26-11-2-10-21-26)13-18(14)29(27,28)24-16-6-8-19-22-23-20(15-4-5-15)25(19)12-9-16/h2-3,7,10-11,13,15-16,24H,4-6,8-9,12H2,1H3. The molecule has 3 aromatic rings. The fourth-order valence-electron chi connectivity index (χ4n) is 4.00. The van der Waals surface area contributed by atoms with Crippen LogP contribution in [-0.2, 0) is 23.0 Å². The number of benzene rings is 1. The molecule has 0 amide bonds. The van der Waals surface area contributed by atoms with Crippen LogP contribution in [0.3, 0.4) is 0 Å². The van der Waals surface area contributed by atoms with Crippen molar-refractivity contribution in [2.24, 2.45) is 0 Å². The summed E-state index contributed by atoms with van der Waals surface area (Å²) in [7, 11) is -3.64. The molecule has 5 rings (SSSR count). The minimum Gasteiger partial charge on any atom is -0.315 e. The first-order chi connectivity index (χ1) is 14.0. The van der Waals surface area contributed by atoms with Crippen molar-refractivity contribution in [3.8, 4) is 5.69 Å². The molecule has 1 unspecified atom stereocenters. The first-order valence-electron chi connectivity index (χ1n) is 10.1. The normalized spacial score (nSPS) is 19.7. The van der Waals surface area contributed by atoms with Gasteiger partial charge < -0.3 is 4.57 Å². The zero-order valence-corrected chi connectivity index (χ0v) is 17.1. The predicted octanol–water partition coefficient (Wildman–Crippen LogP) is 2.33. The summed E-state index contributed by atoms with van der Waals surface area (Å²) in [4.78, 5) is 0.299. The molecule has 152 valence electrons. The van der Waals surface area contributed by atoms with E-state index in [0.717, 1.165) is 48.7 Å². The topological polar surface area (TPSA) is 94.7 Å². The molecule has 1 saturated carbocycles. The Morgan fingerprint density at radius 3 is 2.76 bits per heavy atom. The average molecular weight is 413 g/mol. The van der Waals surface area contributed by atoms with Crippen LogP contribution >= 0.6 is 0 Å². The van der Waals surface area contributed by atoms with E-state index >= 15 is 0 Å². The van der Waals surface area contributed by atoms with E-state index in [1.165, 1.54) is 12.8 Å². The molecule has 0 spiro atoms. The van der Waals surface area contributed by atoms with E-state index in [9.17, 15) is 8.42 Å². The summed E-state index contributed by atoms with van der Waals surface area (Å²) in [5, 5.41) is 12.9. The number of aromatic nitrogens is 5. The molecule has 1 atom stereocenters. The van der Waals surface area contributed by atoms with E-state index in [2.05, 4.69) is 24.6 Å². The molecule has 1 N–H and O–H groups in total. The van der Waals surface area contributed by atoms with Crippen molar-refractivity contribution >= 4 is 10.0 Å². The summed E-state index contributed by atoms with van der Waals surface area (Å²) in [6, 6.07) is 7.06. The van der Waals surface area contributed by atoms with Gasteiger partial charge in [0.2, 0.25) is 10.0 Å². The summed E-state index contributed by atoms with van der Waals surface area (Å²) in [6.45, 7) is 2.57. The first-order valence-corrected chi connectivity index (χ1v) is 11.5. The Labute approximate surface area is 170 Å². The van der Waals surface area contributed by atoms with Gasteiger partial charge in [0.15, 0.2) is 0 Å². The lowest BCUT2D eigenvalue weighted by Crippen LogP contribution is -2.35. The molecule has 2 aromatic heterocycles. The third-order valence-corrected chi connectivity index (χ3v) is 7.43. The molecule has 0 bridgehead atoms. The van der Waals surface area contributed by atoms with Gasteiger partial charge in [0, 0.05) is 37.3 Å². The maximum atomic E-state index is 13.2. The van der Waals surface area contributed by atoms with Crippen molar-refractivity contribution in [3.63, 3.8) is 0 Å². The zero-order valence-electron chi connectivity index (χ0n) is 16.3. The van der Waals surface area contributed by atoms with Crippen LogP contribution in [0.15, 0.2) is 41.6 Å². The van der Waals surface area contributed by atoms with Crippen LogP contribution in [0.25, 0.3) is 5.69 Å². The van der Waals surface area contributed by atoms with Crippen molar-refractivity contribution in [1.82, 2.24) is 29.3 Å². The van der Waals surface area contributed by atoms with Crippen LogP contribution < -0.4 is 4.72 Å². The highest BCUT2D eigenvalue weighted by Gasteiger charge is 2.32. The quantitative estimate of drug-likeness (QED) is 0.694. The predicted molar refractivity (Wildman–Crippen MR) is 107 cm³/mol. The lowest BCUT2D eigenvalue weighted by molar-refractivity contribution is 0.492. The van der Waals surface area contributed by atoms with Crippen molar-refractivity contribution in [2.45, 2.75) is 62.4 Å². The Bertz CT molecular complexity index is 1130. The monoisotopic (exact) mass is 412 g/mol. The Morgan fingerprint density at radius 2 is 2.00 bits per heavy atom. The van der Waals surface area contributed by atoms with Crippen LogP contribution in [0.2, 0.25) is 0 Å². The Hall–Kier alpha value is -2.52. The number of fused-ring (bicyclic) bond motifs is 1. The van der Waals surface area contributed by atoms with E-state index in [0.29, 0.717) is 10.8 Å². The number of rotatable bonds is 5. The number of sulfonamides is 1. The van der Waals surface area contributed by atoms with Gasteiger partial charge in [-0.1, -0.05) is 6.07 Å². The minimum atomic E-state index is -3.64. The van der Waals surface area contributed by atoms with Crippen LogP contribution in [0.1, 0.15) is 48.8 Å². The minimum absolute atomic E-state index is 0.124. The second kappa shape index (κ2) is 7.07. The van der Waals surface area contributed by atoms with Gasteiger partial charge in [0.05, 0.1) is 10.6 Å². The van der Waals surface area contributed by atoms with Gasteiger partial charge >= 0.3 is 0 Å².